The fourth-order valence-electron chi connectivity index (χ4n) is 3.50. The molecule has 0 aliphatic carbocycles. The molecule has 1 amide bonds. The highest BCUT2D eigenvalue weighted by Crippen LogP contribution is 2.17. The van der Waals surface area contributed by atoms with Gasteiger partial charge >= 0.3 is 0 Å². The molecule has 2 aromatic carbocycles. The van der Waals surface area contributed by atoms with Crippen LogP contribution in [0, 0.1) is 0 Å². The Morgan fingerprint density at radius 1 is 0.889 bits per heavy atom. The van der Waals surface area contributed by atoms with Gasteiger partial charge in [0, 0.05) is 37.4 Å². The maximum absolute atomic E-state index is 12.7. The van der Waals surface area contributed by atoms with Gasteiger partial charge in [0.2, 0.25) is 11.9 Å². The molecule has 1 unspecified atom stereocenters. The summed E-state index contributed by atoms with van der Waals surface area (Å²) in [5, 5.41) is 2.84. The normalized spacial score (nSPS) is 20.1. The second-order valence-corrected chi connectivity index (χ2v) is 6.76. The van der Waals surface area contributed by atoms with Crippen molar-refractivity contribution in [1.29, 1.82) is 0 Å². The molecule has 0 saturated carbocycles. The SMILES string of the molecule is O=C1CC(C(=O)c2ccccc2)N=C(N2CCN(c3ccccc3)CC2)N1. The van der Waals surface area contributed by atoms with Crippen LogP contribution in [0.15, 0.2) is 65.7 Å². The van der Waals surface area contributed by atoms with Crippen molar-refractivity contribution < 1.29 is 9.59 Å². The summed E-state index contributed by atoms with van der Waals surface area (Å²) in [5.41, 5.74) is 1.79. The molecule has 0 aromatic heterocycles. The highest BCUT2D eigenvalue weighted by Gasteiger charge is 2.31. The van der Waals surface area contributed by atoms with Gasteiger partial charge in [-0.1, -0.05) is 48.5 Å². The van der Waals surface area contributed by atoms with Gasteiger partial charge in [0.15, 0.2) is 5.78 Å². The van der Waals surface area contributed by atoms with Crippen molar-refractivity contribution in [2.45, 2.75) is 12.5 Å². The molecule has 2 heterocycles. The van der Waals surface area contributed by atoms with Crippen molar-refractivity contribution in [2.75, 3.05) is 31.1 Å². The van der Waals surface area contributed by atoms with E-state index in [1.807, 2.05) is 36.4 Å². The zero-order valence-electron chi connectivity index (χ0n) is 15.0. The third kappa shape index (κ3) is 3.84. The van der Waals surface area contributed by atoms with E-state index in [0.29, 0.717) is 11.5 Å². The molecule has 1 N–H and O–H groups in total. The van der Waals surface area contributed by atoms with Crippen LogP contribution in [-0.4, -0.2) is 54.8 Å². The summed E-state index contributed by atoms with van der Waals surface area (Å²) in [5.74, 6) is 0.263. The molecule has 1 atom stereocenters. The Morgan fingerprint density at radius 2 is 1.48 bits per heavy atom. The maximum atomic E-state index is 12.7. The van der Waals surface area contributed by atoms with E-state index < -0.39 is 6.04 Å². The van der Waals surface area contributed by atoms with Gasteiger partial charge in [-0.2, -0.15) is 0 Å². The third-order valence-electron chi connectivity index (χ3n) is 4.97. The molecule has 2 aliphatic rings. The van der Waals surface area contributed by atoms with Gasteiger partial charge in [-0.3, -0.25) is 14.9 Å². The summed E-state index contributed by atoms with van der Waals surface area (Å²) in [4.78, 5) is 33.8. The molecular weight excluding hydrogens is 340 g/mol. The summed E-state index contributed by atoms with van der Waals surface area (Å²) in [6.45, 7) is 3.19. The van der Waals surface area contributed by atoms with E-state index >= 15 is 0 Å². The summed E-state index contributed by atoms with van der Waals surface area (Å²) < 4.78 is 0. The molecule has 6 heteroatoms. The average Bonchev–Trinajstić information content (AvgIpc) is 2.74. The van der Waals surface area contributed by atoms with Gasteiger partial charge in [0.25, 0.3) is 0 Å². The molecule has 0 radical (unpaired) electrons. The molecule has 1 saturated heterocycles. The van der Waals surface area contributed by atoms with Crippen molar-refractivity contribution in [3.8, 4) is 0 Å². The largest absolute Gasteiger partial charge is 0.368 e. The van der Waals surface area contributed by atoms with E-state index in [0.717, 1.165) is 26.2 Å². The number of guanidine groups is 1. The first-order valence-electron chi connectivity index (χ1n) is 9.22. The van der Waals surface area contributed by atoms with Crippen LogP contribution in [-0.2, 0) is 4.79 Å². The summed E-state index contributed by atoms with van der Waals surface area (Å²) in [6.07, 6.45) is 0.0984. The Morgan fingerprint density at radius 3 is 2.15 bits per heavy atom. The fourth-order valence-corrected chi connectivity index (χ4v) is 3.50. The predicted molar refractivity (Wildman–Crippen MR) is 105 cm³/mol. The first-order chi connectivity index (χ1) is 13.2. The molecule has 0 spiro atoms. The Labute approximate surface area is 158 Å². The highest BCUT2D eigenvalue weighted by atomic mass is 16.2. The van der Waals surface area contributed by atoms with Crippen LogP contribution in [0.2, 0.25) is 0 Å². The van der Waals surface area contributed by atoms with E-state index in [2.05, 4.69) is 32.2 Å². The molecule has 4 rings (SSSR count). The lowest BCUT2D eigenvalue weighted by atomic mass is 10.0. The maximum Gasteiger partial charge on any atom is 0.229 e. The van der Waals surface area contributed by atoms with E-state index in [1.54, 1.807) is 12.1 Å². The number of carbonyl (C=O) groups is 2. The first-order valence-corrected chi connectivity index (χ1v) is 9.22. The van der Waals surface area contributed by atoms with Gasteiger partial charge in [-0.25, -0.2) is 4.99 Å². The number of nitrogens with one attached hydrogen (secondary N) is 1. The van der Waals surface area contributed by atoms with Gasteiger partial charge in [-0.15, -0.1) is 0 Å². The number of ketones is 1. The molecule has 27 heavy (non-hydrogen) atoms. The van der Waals surface area contributed by atoms with Crippen molar-refractivity contribution in [1.82, 2.24) is 10.2 Å². The number of nitrogens with zero attached hydrogens (tertiary/aromatic N) is 3. The van der Waals surface area contributed by atoms with Gasteiger partial charge in [-0.05, 0) is 12.1 Å². The average molecular weight is 362 g/mol. The number of amides is 1. The minimum atomic E-state index is -0.650. The van der Waals surface area contributed by atoms with Crippen LogP contribution in [0.3, 0.4) is 0 Å². The van der Waals surface area contributed by atoms with Gasteiger partial charge < -0.3 is 9.80 Å². The number of aliphatic imine (C=N–C) groups is 1. The molecule has 138 valence electrons. The number of rotatable bonds is 3. The summed E-state index contributed by atoms with van der Waals surface area (Å²) >= 11 is 0. The van der Waals surface area contributed by atoms with Crippen LogP contribution >= 0.6 is 0 Å². The molecular formula is C21H22N4O2. The number of hydrogen-bond acceptors (Lipinski definition) is 5. The van der Waals surface area contributed by atoms with Gasteiger partial charge in [0.05, 0.1) is 6.42 Å². The van der Waals surface area contributed by atoms with Crippen molar-refractivity contribution in [3.05, 3.63) is 66.2 Å². The van der Waals surface area contributed by atoms with Crippen LogP contribution < -0.4 is 10.2 Å². The lowest BCUT2D eigenvalue weighted by Crippen LogP contribution is -2.56. The van der Waals surface area contributed by atoms with E-state index in [-0.39, 0.29) is 18.1 Å². The topological polar surface area (TPSA) is 65.0 Å². The van der Waals surface area contributed by atoms with E-state index in [1.165, 1.54) is 5.69 Å². The minimum Gasteiger partial charge on any atom is -0.368 e. The molecule has 6 nitrogen and oxygen atoms in total. The number of piperazine rings is 1. The quantitative estimate of drug-likeness (QED) is 0.848. The second-order valence-electron chi connectivity index (χ2n) is 6.76. The smallest absolute Gasteiger partial charge is 0.229 e. The third-order valence-corrected chi connectivity index (χ3v) is 4.97. The Bertz CT molecular complexity index is 843. The van der Waals surface area contributed by atoms with Gasteiger partial charge in [0.1, 0.15) is 6.04 Å². The number of anilines is 1. The monoisotopic (exact) mass is 362 g/mol. The molecule has 2 aliphatic heterocycles. The number of benzene rings is 2. The van der Waals surface area contributed by atoms with Crippen LogP contribution in [0.25, 0.3) is 0 Å². The number of carbonyl (C=O) groups excluding carboxylic acids is 2. The summed E-state index contributed by atoms with van der Waals surface area (Å²) in [6, 6.07) is 18.7. The van der Waals surface area contributed by atoms with E-state index in [4.69, 9.17) is 0 Å². The van der Waals surface area contributed by atoms with Crippen LogP contribution in [0.1, 0.15) is 16.8 Å². The van der Waals surface area contributed by atoms with Crippen molar-refractivity contribution in [2.24, 2.45) is 4.99 Å². The number of hydrogen-bond donors (Lipinski definition) is 1. The van der Waals surface area contributed by atoms with E-state index in [9.17, 15) is 9.59 Å². The Balaban J connectivity index is 1.46. The van der Waals surface area contributed by atoms with Crippen molar-refractivity contribution in [3.63, 3.8) is 0 Å². The zero-order chi connectivity index (χ0) is 18.6. The predicted octanol–water partition coefficient (Wildman–Crippen LogP) is 1.94. The summed E-state index contributed by atoms with van der Waals surface area (Å²) in [7, 11) is 0. The number of Topliss-reactive ketones (excluding diaryl/α,β-unsaturated/α-hetero) is 1. The standard InChI is InChI=1S/C21H22N4O2/c26-19-15-18(20(27)16-7-3-1-4-8-16)22-21(23-19)25-13-11-24(12-14-25)17-9-5-2-6-10-17/h1-10,18H,11-15H2,(H,22,23,26). The Kier molecular flexibility index (Phi) is 4.87. The minimum absolute atomic E-state index is 0.0984. The van der Waals surface area contributed by atoms with Crippen LogP contribution in [0.5, 0.6) is 0 Å². The lowest BCUT2D eigenvalue weighted by molar-refractivity contribution is -0.120. The fraction of sp³-hybridized carbons (Fsp3) is 0.286. The lowest BCUT2D eigenvalue weighted by Gasteiger charge is -2.38. The highest BCUT2D eigenvalue weighted by molar-refractivity contribution is 6.08. The first kappa shape index (κ1) is 17.3. The zero-order valence-corrected chi connectivity index (χ0v) is 15.0. The number of para-hydroxylation sites is 1. The van der Waals surface area contributed by atoms with Crippen LogP contribution in [0.4, 0.5) is 5.69 Å². The molecule has 1 fully saturated rings. The van der Waals surface area contributed by atoms with Crippen molar-refractivity contribution >= 4 is 23.3 Å². The second kappa shape index (κ2) is 7.61. The molecule has 0 bridgehead atoms. The Hall–Kier alpha value is -3.15. The molecule has 2 aromatic rings.